The van der Waals surface area contributed by atoms with Gasteiger partial charge in [-0.05, 0) is 37.8 Å². The molecule has 0 unspecified atom stereocenters. The number of para-hydroxylation sites is 1. The van der Waals surface area contributed by atoms with Crippen molar-refractivity contribution >= 4 is 17.7 Å². The minimum atomic E-state index is -0.620. The molecule has 2 amide bonds. The second kappa shape index (κ2) is 9.27. The Hall–Kier alpha value is -3.00. The Kier molecular flexibility index (Phi) is 6.54. The predicted molar refractivity (Wildman–Crippen MR) is 103 cm³/mol. The van der Waals surface area contributed by atoms with Crippen LogP contribution in [0.4, 0.5) is 10.5 Å². The quantitative estimate of drug-likeness (QED) is 0.799. The zero-order valence-electron chi connectivity index (χ0n) is 16.1. The zero-order chi connectivity index (χ0) is 19.9. The number of amides is 2. The summed E-state index contributed by atoms with van der Waals surface area (Å²) in [5.41, 5.74) is 2.69. The fraction of sp³-hybridized carbons (Fsp3) is 0.400. The molecule has 1 aromatic carbocycles. The number of hydrogen-bond acceptors (Lipinski definition) is 5. The number of carbonyl (C=O) groups excluding carboxylic acids is 2. The molecule has 0 radical (unpaired) electrons. The number of hydrogen-bond donors (Lipinski definition) is 1. The molecule has 0 bridgehead atoms. The van der Waals surface area contributed by atoms with Gasteiger partial charge in [-0.2, -0.15) is 4.99 Å². The highest BCUT2D eigenvalue weighted by atomic mass is 16.5. The number of nitrogens with one attached hydrogen (secondary N) is 1. The van der Waals surface area contributed by atoms with Crippen molar-refractivity contribution in [2.75, 3.05) is 26.1 Å². The molecule has 0 aliphatic heterocycles. The lowest BCUT2D eigenvalue weighted by atomic mass is 9.99. The van der Waals surface area contributed by atoms with Gasteiger partial charge in [-0.1, -0.05) is 18.2 Å². The first-order chi connectivity index (χ1) is 13.6. The van der Waals surface area contributed by atoms with Gasteiger partial charge in [-0.3, -0.25) is 0 Å². The van der Waals surface area contributed by atoms with Crippen LogP contribution in [0.1, 0.15) is 34.7 Å². The Balaban J connectivity index is 2.12. The fourth-order valence-corrected chi connectivity index (χ4v) is 3.26. The maximum atomic E-state index is 12.5. The first-order valence-corrected chi connectivity index (χ1v) is 9.24. The van der Waals surface area contributed by atoms with Crippen molar-refractivity contribution in [2.24, 2.45) is 4.99 Å². The third kappa shape index (κ3) is 4.45. The number of esters is 1. The molecule has 1 heterocycles. The first-order valence-electron chi connectivity index (χ1n) is 9.24. The van der Waals surface area contributed by atoms with Gasteiger partial charge in [0.05, 0.1) is 19.4 Å². The van der Waals surface area contributed by atoms with Crippen LogP contribution in [0, 0.1) is 0 Å². The Morgan fingerprint density at radius 3 is 2.64 bits per heavy atom. The molecular weight excluding hydrogens is 360 g/mol. The molecule has 8 heteroatoms. The second-order valence-electron chi connectivity index (χ2n) is 6.43. The van der Waals surface area contributed by atoms with E-state index in [9.17, 15) is 9.59 Å². The van der Waals surface area contributed by atoms with Gasteiger partial charge >= 0.3 is 12.0 Å². The van der Waals surface area contributed by atoms with E-state index in [0.29, 0.717) is 18.8 Å². The van der Waals surface area contributed by atoms with Crippen LogP contribution in [0.2, 0.25) is 0 Å². The predicted octanol–water partition coefficient (Wildman–Crippen LogP) is 2.33. The van der Waals surface area contributed by atoms with Crippen LogP contribution in [0.5, 0.6) is 0 Å². The lowest BCUT2D eigenvalue weighted by molar-refractivity contribution is 0.0589. The summed E-state index contributed by atoms with van der Waals surface area (Å²) >= 11 is 0. The molecule has 2 aromatic rings. The lowest BCUT2D eigenvalue weighted by Gasteiger charge is -2.22. The van der Waals surface area contributed by atoms with E-state index in [-0.39, 0.29) is 11.2 Å². The summed E-state index contributed by atoms with van der Waals surface area (Å²) in [6, 6.07) is 8.43. The van der Waals surface area contributed by atoms with Crippen LogP contribution in [0.15, 0.2) is 35.3 Å². The zero-order valence-corrected chi connectivity index (χ0v) is 16.1. The summed E-state index contributed by atoms with van der Waals surface area (Å²) in [6.45, 7) is 0.882. The number of carbonyl (C=O) groups is 2. The molecule has 0 saturated heterocycles. The Morgan fingerprint density at radius 1 is 1.18 bits per heavy atom. The van der Waals surface area contributed by atoms with Crippen LogP contribution >= 0.6 is 0 Å². The van der Waals surface area contributed by atoms with E-state index in [2.05, 4.69) is 15.3 Å². The molecule has 1 aromatic heterocycles. The maximum absolute atomic E-state index is 12.5. The summed E-state index contributed by atoms with van der Waals surface area (Å²) in [5.74, 6) is -0.620. The molecule has 0 atom stereocenters. The van der Waals surface area contributed by atoms with E-state index in [1.54, 1.807) is 19.2 Å². The summed E-state index contributed by atoms with van der Waals surface area (Å²) < 4.78 is 12.0. The summed E-state index contributed by atoms with van der Waals surface area (Å²) in [6.07, 6.45) is 3.63. The number of nitrogens with zero attached hydrogens (tertiary/aromatic N) is 3. The van der Waals surface area contributed by atoms with Crippen molar-refractivity contribution in [3.63, 3.8) is 0 Å². The van der Waals surface area contributed by atoms with Crippen LogP contribution in [-0.4, -0.2) is 42.4 Å². The molecule has 0 spiro atoms. The number of rotatable bonds is 5. The molecule has 8 nitrogen and oxygen atoms in total. The van der Waals surface area contributed by atoms with E-state index in [1.165, 1.54) is 7.11 Å². The van der Waals surface area contributed by atoms with E-state index >= 15 is 0 Å². The van der Waals surface area contributed by atoms with Gasteiger partial charge in [0.25, 0.3) is 0 Å². The Bertz CT molecular complexity index is 922. The van der Waals surface area contributed by atoms with Crippen molar-refractivity contribution < 1.29 is 19.1 Å². The third-order valence-corrected chi connectivity index (χ3v) is 4.58. The maximum Gasteiger partial charge on any atom is 0.360 e. The van der Waals surface area contributed by atoms with Crippen molar-refractivity contribution in [3.05, 3.63) is 52.9 Å². The minimum absolute atomic E-state index is 0.0439. The molecule has 0 fully saturated rings. The van der Waals surface area contributed by atoms with E-state index in [1.807, 2.05) is 22.8 Å². The number of anilines is 1. The highest BCUT2D eigenvalue weighted by Gasteiger charge is 2.23. The van der Waals surface area contributed by atoms with E-state index < -0.39 is 12.0 Å². The molecule has 1 N–H and O–H groups in total. The Morgan fingerprint density at radius 2 is 1.93 bits per heavy atom. The number of ether oxygens (including phenoxy) is 2. The third-order valence-electron chi connectivity index (χ3n) is 4.58. The van der Waals surface area contributed by atoms with Gasteiger partial charge in [0, 0.05) is 25.0 Å². The standard InChI is InChI=1S/C20H24N4O4/c1-27-13-12-24-16-11-7-6-10-15(16)22-17(19(25)28-2)18(24)23-20(26)21-14-8-4-3-5-9-14/h3-5,8-9H,6-7,10-13H2,1-2H3,(H,21,26)/b23-18-. The van der Waals surface area contributed by atoms with E-state index in [4.69, 9.17) is 9.47 Å². The number of aromatic nitrogens is 2. The minimum Gasteiger partial charge on any atom is -0.464 e. The normalized spacial score (nSPS) is 13.7. The van der Waals surface area contributed by atoms with Crippen molar-refractivity contribution in [1.29, 1.82) is 0 Å². The summed E-state index contributed by atoms with van der Waals surface area (Å²) in [7, 11) is 2.89. The smallest absolute Gasteiger partial charge is 0.360 e. The number of methoxy groups -OCH3 is 2. The number of aryl methyl sites for hydroxylation is 1. The SMILES string of the molecule is COCCn1c2c(nc(C(=O)OC)/c1=N/C(=O)Nc1ccccc1)CCCC2. The number of fused-ring (bicyclic) bond motifs is 1. The lowest BCUT2D eigenvalue weighted by Crippen LogP contribution is -2.37. The Labute approximate surface area is 163 Å². The first kappa shape index (κ1) is 19.8. The largest absolute Gasteiger partial charge is 0.464 e. The van der Waals surface area contributed by atoms with Gasteiger partial charge in [-0.15, -0.1) is 0 Å². The highest BCUT2D eigenvalue weighted by molar-refractivity contribution is 5.91. The van der Waals surface area contributed by atoms with Crippen molar-refractivity contribution in [1.82, 2.24) is 9.55 Å². The fourth-order valence-electron chi connectivity index (χ4n) is 3.26. The topological polar surface area (TPSA) is 94.8 Å². The molecule has 0 saturated carbocycles. The highest BCUT2D eigenvalue weighted by Crippen LogP contribution is 2.19. The van der Waals surface area contributed by atoms with Gasteiger partial charge in [-0.25, -0.2) is 14.6 Å². The van der Waals surface area contributed by atoms with Crippen molar-refractivity contribution in [3.8, 4) is 0 Å². The van der Waals surface area contributed by atoms with Crippen LogP contribution in [0.25, 0.3) is 0 Å². The molecule has 1 aliphatic carbocycles. The van der Waals surface area contributed by atoms with Crippen LogP contribution < -0.4 is 10.8 Å². The van der Waals surface area contributed by atoms with Gasteiger partial charge in [0.15, 0.2) is 11.2 Å². The van der Waals surface area contributed by atoms with Crippen LogP contribution in [-0.2, 0) is 28.9 Å². The van der Waals surface area contributed by atoms with Gasteiger partial charge in [0.2, 0.25) is 0 Å². The molecule has 3 rings (SSSR count). The summed E-state index contributed by atoms with van der Waals surface area (Å²) in [4.78, 5) is 33.6. The van der Waals surface area contributed by atoms with E-state index in [0.717, 1.165) is 37.1 Å². The number of benzene rings is 1. The van der Waals surface area contributed by atoms with Gasteiger partial charge in [0.1, 0.15) is 0 Å². The average molecular weight is 384 g/mol. The molecule has 28 heavy (non-hydrogen) atoms. The second-order valence-corrected chi connectivity index (χ2v) is 6.43. The molecule has 148 valence electrons. The van der Waals surface area contributed by atoms with Crippen molar-refractivity contribution in [2.45, 2.75) is 32.2 Å². The average Bonchev–Trinajstić information content (AvgIpc) is 2.72. The monoisotopic (exact) mass is 384 g/mol. The molecular formula is C20H24N4O4. The van der Waals surface area contributed by atoms with Crippen LogP contribution in [0.3, 0.4) is 0 Å². The van der Waals surface area contributed by atoms with Gasteiger partial charge < -0.3 is 19.4 Å². The number of urea groups is 1. The molecule has 1 aliphatic rings. The summed E-state index contributed by atoms with van der Waals surface area (Å²) in [5, 5.41) is 2.71.